The van der Waals surface area contributed by atoms with Crippen LogP contribution in [0.2, 0.25) is 0 Å². The zero-order valence-corrected chi connectivity index (χ0v) is 16.8. The number of rotatable bonds is 5. The molecule has 2 heterocycles. The molecule has 1 atom stereocenters. The van der Waals surface area contributed by atoms with Crippen molar-refractivity contribution in [3.05, 3.63) is 29.3 Å². The Hall–Kier alpha value is -2.48. The van der Waals surface area contributed by atoms with Gasteiger partial charge in [0.2, 0.25) is 16.9 Å². The summed E-state index contributed by atoms with van der Waals surface area (Å²) in [5.74, 6) is 0.0829. The Bertz CT molecular complexity index is 826. The lowest BCUT2D eigenvalue weighted by Crippen LogP contribution is -2.28. The fourth-order valence-electron chi connectivity index (χ4n) is 2.81. The normalized spacial score (nSPS) is 17.3. The van der Waals surface area contributed by atoms with E-state index in [1.54, 1.807) is 4.90 Å². The maximum absolute atomic E-state index is 12.6. The van der Waals surface area contributed by atoms with Crippen molar-refractivity contribution >= 4 is 34.0 Å². The number of anilines is 2. The molecule has 1 aromatic carbocycles. The van der Waals surface area contributed by atoms with Gasteiger partial charge in [0.25, 0.3) is 0 Å². The monoisotopic (exact) mass is 388 g/mol. The van der Waals surface area contributed by atoms with E-state index in [1.165, 1.54) is 11.3 Å². The molecule has 1 saturated heterocycles. The molecule has 144 valence electrons. The van der Waals surface area contributed by atoms with Crippen molar-refractivity contribution in [2.45, 2.75) is 39.5 Å². The molecule has 3 rings (SSSR count). The van der Waals surface area contributed by atoms with E-state index in [9.17, 15) is 9.59 Å². The van der Waals surface area contributed by atoms with Gasteiger partial charge in [0.05, 0.1) is 12.5 Å². The van der Waals surface area contributed by atoms with Gasteiger partial charge in [-0.15, -0.1) is 10.2 Å². The summed E-state index contributed by atoms with van der Waals surface area (Å²) < 4.78 is 5.42. The van der Waals surface area contributed by atoms with Crippen LogP contribution in [-0.2, 0) is 15.0 Å². The van der Waals surface area contributed by atoms with Crippen molar-refractivity contribution in [2.75, 3.05) is 23.4 Å². The highest BCUT2D eigenvalue weighted by atomic mass is 32.1. The van der Waals surface area contributed by atoms with Gasteiger partial charge in [0, 0.05) is 24.1 Å². The Kier molecular flexibility index (Phi) is 5.46. The summed E-state index contributed by atoms with van der Waals surface area (Å²) >= 11 is 1.36. The van der Waals surface area contributed by atoms with Crippen LogP contribution < -0.4 is 15.0 Å². The van der Waals surface area contributed by atoms with Crippen LogP contribution in [0.3, 0.4) is 0 Å². The number of benzene rings is 1. The highest BCUT2D eigenvalue weighted by Crippen LogP contribution is 2.30. The number of ether oxygens (including phenoxy) is 1. The van der Waals surface area contributed by atoms with Crippen molar-refractivity contribution in [1.82, 2.24) is 10.2 Å². The number of hydrogen-bond acceptors (Lipinski definition) is 6. The van der Waals surface area contributed by atoms with E-state index in [1.807, 2.05) is 52.0 Å². The minimum Gasteiger partial charge on any atom is -0.494 e. The lowest BCUT2D eigenvalue weighted by atomic mass is 9.98. The number of aromatic nitrogens is 2. The van der Waals surface area contributed by atoms with Gasteiger partial charge < -0.3 is 15.0 Å². The van der Waals surface area contributed by atoms with Crippen LogP contribution in [0.5, 0.6) is 5.75 Å². The SMILES string of the molecule is CCOc1ccc(N2C[C@@H](C(=O)Nc3nnc(C(C)(C)C)s3)CC2=O)cc1. The molecule has 0 spiro atoms. The lowest BCUT2D eigenvalue weighted by Gasteiger charge is -2.17. The second-order valence-corrected chi connectivity index (χ2v) is 8.46. The van der Waals surface area contributed by atoms with Crippen molar-refractivity contribution in [2.24, 2.45) is 5.92 Å². The number of hydrogen-bond donors (Lipinski definition) is 1. The highest BCUT2D eigenvalue weighted by molar-refractivity contribution is 7.15. The minimum absolute atomic E-state index is 0.0630. The predicted octanol–water partition coefficient (Wildman–Crippen LogP) is 3.23. The second-order valence-electron chi connectivity index (χ2n) is 7.48. The first kappa shape index (κ1) is 19.3. The third-order valence-electron chi connectivity index (χ3n) is 4.25. The summed E-state index contributed by atoms with van der Waals surface area (Å²) in [4.78, 5) is 26.6. The van der Waals surface area contributed by atoms with E-state index in [-0.39, 0.29) is 23.7 Å². The van der Waals surface area contributed by atoms with E-state index in [0.29, 0.717) is 18.3 Å². The zero-order chi connectivity index (χ0) is 19.6. The molecule has 0 aliphatic carbocycles. The van der Waals surface area contributed by atoms with E-state index in [0.717, 1.165) is 16.4 Å². The van der Waals surface area contributed by atoms with Crippen molar-refractivity contribution in [3.63, 3.8) is 0 Å². The molecule has 1 aliphatic rings. The average molecular weight is 388 g/mol. The van der Waals surface area contributed by atoms with Gasteiger partial charge in [0.1, 0.15) is 10.8 Å². The van der Waals surface area contributed by atoms with Crippen molar-refractivity contribution < 1.29 is 14.3 Å². The predicted molar refractivity (Wildman–Crippen MR) is 105 cm³/mol. The number of amides is 2. The van der Waals surface area contributed by atoms with Gasteiger partial charge in [0.15, 0.2) is 0 Å². The number of nitrogens with one attached hydrogen (secondary N) is 1. The van der Waals surface area contributed by atoms with Crippen LogP contribution in [0, 0.1) is 5.92 Å². The number of carbonyl (C=O) groups excluding carboxylic acids is 2. The topological polar surface area (TPSA) is 84.4 Å². The van der Waals surface area contributed by atoms with Gasteiger partial charge >= 0.3 is 0 Å². The smallest absolute Gasteiger partial charge is 0.231 e. The lowest BCUT2D eigenvalue weighted by molar-refractivity contribution is -0.122. The van der Waals surface area contributed by atoms with Gasteiger partial charge in [-0.3, -0.25) is 9.59 Å². The van der Waals surface area contributed by atoms with Crippen LogP contribution in [-0.4, -0.2) is 35.2 Å². The Balaban J connectivity index is 1.64. The van der Waals surface area contributed by atoms with Gasteiger partial charge in [-0.05, 0) is 31.2 Å². The third kappa shape index (κ3) is 4.44. The first-order valence-corrected chi connectivity index (χ1v) is 9.77. The fraction of sp³-hybridized carbons (Fsp3) is 0.474. The molecule has 0 bridgehead atoms. The second kappa shape index (κ2) is 7.64. The van der Waals surface area contributed by atoms with Crippen molar-refractivity contribution in [1.29, 1.82) is 0 Å². The first-order valence-electron chi connectivity index (χ1n) is 8.96. The molecule has 0 radical (unpaired) electrons. The number of nitrogens with zero attached hydrogens (tertiary/aromatic N) is 3. The van der Waals surface area contributed by atoms with E-state index >= 15 is 0 Å². The summed E-state index contributed by atoms with van der Waals surface area (Å²) in [6, 6.07) is 7.33. The molecule has 7 nitrogen and oxygen atoms in total. The molecule has 1 N–H and O–H groups in total. The molecule has 1 aromatic heterocycles. The maximum Gasteiger partial charge on any atom is 0.231 e. The van der Waals surface area contributed by atoms with Crippen molar-refractivity contribution in [3.8, 4) is 5.75 Å². The molecular formula is C19H24N4O3S. The molecule has 1 aliphatic heterocycles. The molecule has 2 aromatic rings. The Morgan fingerprint density at radius 1 is 1.30 bits per heavy atom. The highest BCUT2D eigenvalue weighted by Gasteiger charge is 2.35. The Morgan fingerprint density at radius 2 is 2.00 bits per heavy atom. The molecular weight excluding hydrogens is 364 g/mol. The fourth-order valence-corrected chi connectivity index (χ4v) is 3.61. The Morgan fingerprint density at radius 3 is 2.59 bits per heavy atom. The van der Waals surface area contributed by atoms with Crippen LogP contribution in [0.4, 0.5) is 10.8 Å². The quantitative estimate of drug-likeness (QED) is 0.850. The zero-order valence-electron chi connectivity index (χ0n) is 16.0. The molecule has 8 heteroatoms. The maximum atomic E-state index is 12.6. The minimum atomic E-state index is -0.411. The van der Waals surface area contributed by atoms with E-state index in [4.69, 9.17) is 4.74 Å². The van der Waals surface area contributed by atoms with Crippen LogP contribution in [0.25, 0.3) is 0 Å². The molecule has 2 amide bonds. The summed E-state index contributed by atoms with van der Waals surface area (Å²) in [6.45, 7) is 9.00. The summed E-state index contributed by atoms with van der Waals surface area (Å²) in [5, 5.41) is 12.3. The van der Waals surface area contributed by atoms with E-state index in [2.05, 4.69) is 15.5 Å². The van der Waals surface area contributed by atoms with Crippen LogP contribution in [0.1, 0.15) is 39.1 Å². The average Bonchev–Trinajstić information content (AvgIpc) is 3.22. The summed E-state index contributed by atoms with van der Waals surface area (Å²) in [5.41, 5.74) is 0.652. The largest absolute Gasteiger partial charge is 0.494 e. The molecule has 1 fully saturated rings. The summed E-state index contributed by atoms with van der Waals surface area (Å²) in [7, 11) is 0. The standard InChI is InChI=1S/C19H24N4O3S/c1-5-26-14-8-6-13(7-9-14)23-11-12(10-15(23)24)16(25)20-18-22-21-17(27-18)19(2,3)4/h6-9,12H,5,10-11H2,1-4H3,(H,20,22,25)/t12-/m0/s1. The molecule has 0 saturated carbocycles. The van der Waals surface area contributed by atoms with Gasteiger partial charge in [-0.1, -0.05) is 32.1 Å². The first-order chi connectivity index (χ1) is 12.8. The van der Waals surface area contributed by atoms with Gasteiger partial charge in [-0.2, -0.15) is 0 Å². The summed E-state index contributed by atoms with van der Waals surface area (Å²) in [6.07, 6.45) is 0.185. The molecule has 27 heavy (non-hydrogen) atoms. The van der Waals surface area contributed by atoms with E-state index < -0.39 is 5.92 Å². The number of carbonyl (C=O) groups is 2. The van der Waals surface area contributed by atoms with Crippen LogP contribution in [0.15, 0.2) is 24.3 Å². The van der Waals surface area contributed by atoms with Crippen LogP contribution >= 0.6 is 11.3 Å². The third-order valence-corrected chi connectivity index (χ3v) is 5.52. The van der Waals surface area contributed by atoms with Gasteiger partial charge in [-0.25, -0.2) is 0 Å². The molecule has 0 unspecified atom stereocenters. The Labute approximate surface area is 162 Å².